The monoisotopic (exact) mass is 351 g/mol. The number of aromatic nitrogens is 4. The van der Waals surface area contributed by atoms with Crippen molar-refractivity contribution >= 4 is 40.8 Å². The van der Waals surface area contributed by atoms with Gasteiger partial charge in [0.1, 0.15) is 0 Å². The number of nitrogens with zero attached hydrogens (tertiary/aromatic N) is 3. The number of anilines is 1. The van der Waals surface area contributed by atoms with Gasteiger partial charge in [-0.15, -0.1) is 0 Å². The van der Waals surface area contributed by atoms with E-state index in [1.165, 1.54) is 16.6 Å². The smallest absolute Gasteiger partial charge is 0.277 e. The molecule has 0 aliphatic heterocycles. The lowest BCUT2D eigenvalue weighted by Crippen LogP contribution is -2.19. The predicted molar refractivity (Wildman–Crippen MR) is 87.5 cm³/mol. The van der Waals surface area contributed by atoms with Crippen LogP contribution in [-0.4, -0.2) is 25.5 Å². The van der Waals surface area contributed by atoms with Crippen molar-refractivity contribution in [2.24, 2.45) is 0 Å². The molecule has 0 spiro atoms. The van der Waals surface area contributed by atoms with Gasteiger partial charge < -0.3 is 0 Å². The van der Waals surface area contributed by atoms with Crippen LogP contribution in [0.4, 0.5) is 5.95 Å². The average Bonchev–Trinajstić information content (AvgIpc) is 2.87. The number of aromatic amines is 1. The van der Waals surface area contributed by atoms with E-state index in [2.05, 4.69) is 20.4 Å². The highest BCUT2D eigenvalue weighted by molar-refractivity contribution is 6.37. The molecule has 2 aromatic heterocycles. The van der Waals surface area contributed by atoms with Crippen molar-refractivity contribution in [3.05, 3.63) is 55.4 Å². The number of rotatable bonds is 2. The van der Waals surface area contributed by atoms with E-state index in [9.17, 15) is 9.59 Å². The maximum Gasteiger partial charge on any atom is 0.277 e. The number of carbonyl (C=O) groups is 1. The number of carbonyl (C=O) groups excluding carboxylic acids is 1. The van der Waals surface area contributed by atoms with E-state index in [1.807, 2.05) is 0 Å². The standard InChI is InChI=1S/C14H11Cl2N5O2/c1-6-7(2)17-14-19-13(20-21(14)12(6)23)18-11(22)9-4-3-8(15)5-10(9)16/h3-5H,1-2H3,(H2,17,18,19,20,22). The molecule has 3 aromatic rings. The maximum atomic E-state index is 12.2. The number of hydrogen-bond donors (Lipinski definition) is 2. The van der Waals surface area contributed by atoms with Crippen LogP contribution in [0.3, 0.4) is 0 Å². The summed E-state index contributed by atoms with van der Waals surface area (Å²) < 4.78 is 1.17. The Morgan fingerprint density at radius 3 is 2.70 bits per heavy atom. The summed E-state index contributed by atoms with van der Waals surface area (Å²) in [6.07, 6.45) is 0. The topological polar surface area (TPSA) is 92.2 Å². The lowest BCUT2D eigenvalue weighted by atomic mass is 10.2. The fraction of sp³-hybridized carbons (Fsp3) is 0.143. The van der Waals surface area contributed by atoms with Crippen LogP contribution in [0.2, 0.25) is 10.0 Å². The Morgan fingerprint density at radius 1 is 1.26 bits per heavy atom. The third-order valence-electron chi connectivity index (χ3n) is 3.37. The fourth-order valence-corrected chi connectivity index (χ4v) is 2.50. The van der Waals surface area contributed by atoms with Crippen molar-refractivity contribution in [2.45, 2.75) is 13.8 Å². The molecule has 7 nitrogen and oxygen atoms in total. The van der Waals surface area contributed by atoms with Gasteiger partial charge >= 0.3 is 0 Å². The van der Waals surface area contributed by atoms with E-state index in [-0.39, 0.29) is 27.9 Å². The normalized spacial score (nSPS) is 11.0. The molecule has 0 fully saturated rings. The largest absolute Gasteiger partial charge is 0.291 e. The predicted octanol–water partition coefficient (Wildman–Crippen LogP) is 2.59. The summed E-state index contributed by atoms with van der Waals surface area (Å²) in [5.41, 5.74) is 1.05. The second-order valence-electron chi connectivity index (χ2n) is 4.91. The molecule has 3 rings (SSSR count). The van der Waals surface area contributed by atoms with Crippen LogP contribution in [-0.2, 0) is 0 Å². The van der Waals surface area contributed by atoms with Gasteiger partial charge in [-0.2, -0.15) is 9.50 Å². The first kappa shape index (κ1) is 15.5. The molecule has 9 heteroatoms. The molecule has 2 heterocycles. The molecule has 118 valence electrons. The van der Waals surface area contributed by atoms with Gasteiger partial charge in [-0.25, -0.2) is 4.98 Å². The van der Waals surface area contributed by atoms with Crippen molar-refractivity contribution in [3.8, 4) is 0 Å². The number of nitrogens with one attached hydrogen (secondary N) is 2. The van der Waals surface area contributed by atoms with Gasteiger partial charge in [0, 0.05) is 16.3 Å². The van der Waals surface area contributed by atoms with Crippen molar-refractivity contribution in [3.63, 3.8) is 0 Å². The Morgan fingerprint density at radius 2 is 2.00 bits per heavy atom. The molecule has 1 aromatic carbocycles. The third-order valence-corrected chi connectivity index (χ3v) is 3.92. The van der Waals surface area contributed by atoms with Gasteiger partial charge in [0.05, 0.1) is 10.6 Å². The summed E-state index contributed by atoms with van der Waals surface area (Å²) >= 11 is 11.8. The Balaban J connectivity index is 1.97. The zero-order chi connectivity index (χ0) is 16.7. The van der Waals surface area contributed by atoms with Crippen LogP contribution in [0, 0.1) is 13.8 Å². The summed E-state index contributed by atoms with van der Waals surface area (Å²) in [5.74, 6) is -0.210. The quantitative estimate of drug-likeness (QED) is 0.742. The molecule has 0 radical (unpaired) electrons. The second kappa shape index (κ2) is 5.68. The SMILES string of the molecule is Cc1nc2nc(NC(=O)c3ccc(Cl)cc3Cl)[nH]n2c(=O)c1C. The minimum absolute atomic E-state index is 0.0932. The summed E-state index contributed by atoms with van der Waals surface area (Å²) in [4.78, 5) is 32.6. The highest BCUT2D eigenvalue weighted by Crippen LogP contribution is 2.21. The van der Waals surface area contributed by atoms with E-state index < -0.39 is 5.91 Å². The lowest BCUT2D eigenvalue weighted by molar-refractivity contribution is 0.102. The Kier molecular flexibility index (Phi) is 3.83. The zero-order valence-electron chi connectivity index (χ0n) is 12.1. The molecule has 0 unspecified atom stereocenters. The Labute approximate surface area is 140 Å². The molecule has 1 amide bonds. The minimum Gasteiger partial charge on any atom is -0.291 e. The van der Waals surface area contributed by atoms with E-state index in [4.69, 9.17) is 23.2 Å². The first-order valence-corrected chi connectivity index (χ1v) is 7.35. The van der Waals surface area contributed by atoms with Crippen molar-refractivity contribution in [1.82, 2.24) is 19.6 Å². The van der Waals surface area contributed by atoms with Crippen LogP contribution in [0.25, 0.3) is 5.78 Å². The molecule has 0 saturated carbocycles. The van der Waals surface area contributed by atoms with Crippen LogP contribution in [0.5, 0.6) is 0 Å². The molecule has 0 saturated heterocycles. The van der Waals surface area contributed by atoms with Crippen molar-refractivity contribution in [2.75, 3.05) is 5.32 Å². The number of halogens is 2. The highest BCUT2D eigenvalue weighted by atomic mass is 35.5. The summed E-state index contributed by atoms with van der Waals surface area (Å²) in [6.45, 7) is 3.39. The molecule has 0 bridgehead atoms. The van der Waals surface area contributed by atoms with Gasteiger partial charge in [0.2, 0.25) is 5.95 Å². The number of aryl methyl sites for hydroxylation is 1. The number of H-pyrrole nitrogens is 1. The van der Waals surface area contributed by atoms with Crippen LogP contribution < -0.4 is 10.9 Å². The molecular weight excluding hydrogens is 341 g/mol. The maximum absolute atomic E-state index is 12.2. The lowest BCUT2D eigenvalue weighted by Gasteiger charge is -2.04. The summed E-state index contributed by atoms with van der Waals surface area (Å²) in [6, 6.07) is 4.52. The van der Waals surface area contributed by atoms with Crippen molar-refractivity contribution in [1.29, 1.82) is 0 Å². The van der Waals surface area contributed by atoms with E-state index in [0.29, 0.717) is 16.3 Å². The molecule has 2 N–H and O–H groups in total. The van der Waals surface area contributed by atoms with Crippen molar-refractivity contribution < 1.29 is 4.79 Å². The van der Waals surface area contributed by atoms with E-state index in [0.717, 1.165) is 0 Å². The first-order chi connectivity index (χ1) is 10.9. The van der Waals surface area contributed by atoms with Crippen LogP contribution >= 0.6 is 23.2 Å². The minimum atomic E-state index is -0.479. The van der Waals surface area contributed by atoms with Crippen LogP contribution in [0.1, 0.15) is 21.6 Å². The van der Waals surface area contributed by atoms with Gasteiger partial charge in [-0.05, 0) is 32.0 Å². The molecular formula is C14H11Cl2N5O2. The Hall–Kier alpha value is -2.38. The number of hydrogen-bond acceptors (Lipinski definition) is 4. The fourth-order valence-electron chi connectivity index (χ4n) is 2.01. The number of fused-ring (bicyclic) bond motifs is 1. The first-order valence-electron chi connectivity index (χ1n) is 6.59. The van der Waals surface area contributed by atoms with Gasteiger partial charge in [0.25, 0.3) is 17.2 Å². The van der Waals surface area contributed by atoms with Gasteiger partial charge in [-0.3, -0.25) is 20.0 Å². The summed E-state index contributed by atoms with van der Waals surface area (Å²) in [7, 11) is 0. The van der Waals surface area contributed by atoms with Gasteiger partial charge in [0.15, 0.2) is 0 Å². The average molecular weight is 352 g/mol. The zero-order valence-corrected chi connectivity index (χ0v) is 13.7. The Bertz CT molecular complexity index is 993. The molecule has 0 aliphatic rings. The highest BCUT2D eigenvalue weighted by Gasteiger charge is 2.15. The van der Waals surface area contributed by atoms with E-state index >= 15 is 0 Å². The summed E-state index contributed by atoms with van der Waals surface area (Å²) in [5, 5.41) is 5.88. The number of benzene rings is 1. The van der Waals surface area contributed by atoms with E-state index in [1.54, 1.807) is 19.9 Å². The van der Waals surface area contributed by atoms with Crippen LogP contribution in [0.15, 0.2) is 23.0 Å². The number of amides is 1. The second-order valence-corrected chi connectivity index (χ2v) is 5.76. The molecule has 23 heavy (non-hydrogen) atoms. The molecule has 0 aliphatic carbocycles. The molecule has 0 atom stereocenters. The third kappa shape index (κ3) is 2.80. The van der Waals surface area contributed by atoms with Gasteiger partial charge in [-0.1, -0.05) is 23.2 Å².